The maximum atomic E-state index is 12.5. The minimum atomic E-state index is -0.339. The number of hydrogen-bond acceptors (Lipinski definition) is 2. The molecule has 114 valence electrons. The average Bonchev–Trinajstić information content (AvgIpc) is 2.69. The van der Waals surface area contributed by atoms with Gasteiger partial charge in [0.25, 0.3) is 5.91 Å². The van der Waals surface area contributed by atoms with Gasteiger partial charge < -0.3 is 9.64 Å². The van der Waals surface area contributed by atoms with Gasteiger partial charge in [-0.2, -0.15) is 0 Å². The van der Waals surface area contributed by atoms with Gasteiger partial charge >= 0.3 is 0 Å². The molecule has 1 spiro atoms. The molecule has 3 heteroatoms. The van der Waals surface area contributed by atoms with Gasteiger partial charge in [-0.05, 0) is 38.0 Å². The Kier molecular flexibility index (Phi) is 5.64. The van der Waals surface area contributed by atoms with Crippen LogP contribution in [0, 0.1) is 5.41 Å². The number of hydrogen-bond donors (Lipinski definition) is 0. The van der Waals surface area contributed by atoms with E-state index in [4.69, 9.17) is 4.74 Å². The van der Waals surface area contributed by atoms with Crippen LogP contribution in [0.1, 0.15) is 58.3 Å². The highest BCUT2D eigenvalue weighted by Gasteiger charge is 2.38. The summed E-state index contributed by atoms with van der Waals surface area (Å²) in [5.41, 5.74) is 0.405. The lowest BCUT2D eigenvalue weighted by Crippen LogP contribution is -2.49. The van der Waals surface area contributed by atoms with Crippen molar-refractivity contribution in [2.24, 2.45) is 5.41 Å². The molecule has 1 aliphatic carbocycles. The van der Waals surface area contributed by atoms with Crippen molar-refractivity contribution < 1.29 is 9.53 Å². The summed E-state index contributed by atoms with van der Waals surface area (Å²) in [7, 11) is 0. The molecule has 1 aliphatic heterocycles. The van der Waals surface area contributed by atoms with Crippen molar-refractivity contribution in [1.29, 1.82) is 0 Å². The molecule has 0 radical (unpaired) electrons. The molecule has 0 aromatic heterocycles. The third kappa shape index (κ3) is 3.85. The Labute approximate surface area is 123 Å². The monoisotopic (exact) mass is 279 g/mol. The predicted molar refractivity (Wildman–Crippen MR) is 81.6 cm³/mol. The number of nitrogens with zero attached hydrogens (tertiary/aromatic N) is 1. The standard InChI is InChI=1S/C17H29NO2/c1-3-13-20-15(2)16(19)18-12-8-11-17(14-18)9-6-4-5-7-10-17/h3,15H,1,4-14H2,2H3. The maximum Gasteiger partial charge on any atom is 0.251 e. The molecule has 20 heavy (non-hydrogen) atoms. The van der Waals surface area contributed by atoms with Gasteiger partial charge in [-0.1, -0.05) is 31.8 Å². The summed E-state index contributed by atoms with van der Waals surface area (Å²) >= 11 is 0. The molecule has 1 amide bonds. The number of amides is 1. The van der Waals surface area contributed by atoms with Crippen LogP contribution in [0.15, 0.2) is 12.7 Å². The van der Waals surface area contributed by atoms with Crippen molar-refractivity contribution >= 4 is 5.91 Å². The van der Waals surface area contributed by atoms with Gasteiger partial charge in [0.15, 0.2) is 0 Å². The minimum absolute atomic E-state index is 0.162. The third-order valence-corrected chi connectivity index (χ3v) is 4.95. The fourth-order valence-electron chi connectivity index (χ4n) is 3.82. The molecule has 1 unspecified atom stereocenters. The van der Waals surface area contributed by atoms with Gasteiger partial charge in [-0.25, -0.2) is 0 Å². The third-order valence-electron chi connectivity index (χ3n) is 4.95. The molecule has 0 N–H and O–H groups in total. The molecule has 2 rings (SSSR count). The first kappa shape index (κ1) is 15.6. The lowest BCUT2D eigenvalue weighted by Gasteiger charge is -2.43. The Morgan fingerprint density at radius 2 is 1.90 bits per heavy atom. The van der Waals surface area contributed by atoms with E-state index in [9.17, 15) is 4.79 Å². The number of likely N-dealkylation sites (tertiary alicyclic amines) is 1. The van der Waals surface area contributed by atoms with Crippen molar-refractivity contribution in [3.05, 3.63) is 12.7 Å². The van der Waals surface area contributed by atoms with Crippen molar-refractivity contribution in [2.45, 2.75) is 64.4 Å². The van der Waals surface area contributed by atoms with E-state index in [0.29, 0.717) is 12.0 Å². The molecule has 1 saturated carbocycles. The second-order valence-corrected chi connectivity index (χ2v) is 6.54. The fourth-order valence-corrected chi connectivity index (χ4v) is 3.82. The minimum Gasteiger partial charge on any atom is -0.365 e. The maximum absolute atomic E-state index is 12.5. The highest BCUT2D eigenvalue weighted by molar-refractivity contribution is 5.80. The lowest BCUT2D eigenvalue weighted by molar-refractivity contribution is -0.145. The van der Waals surface area contributed by atoms with Crippen molar-refractivity contribution in [2.75, 3.05) is 19.7 Å². The number of carbonyl (C=O) groups excluding carboxylic acids is 1. The molecule has 3 nitrogen and oxygen atoms in total. The van der Waals surface area contributed by atoms with Gasteiger partial charge in [0.05, 0.1) is 6.61 Å². The van der Waals surface area contributed by atoms with Gasteiger partial charge in [-0.15, -0.1) is 6.58 Å². The quantitative estimate of drug-likeness (QED) is 0.737. The summed E-state index contributed by atoms with van der Waals surface area (Å²) < 4.78 is 5.50. The summed E-state index contributed by atoms with van der Waals surface area (Å²) in [6.45, 7) is 7.80. The van der Waals surface area contributed by atoms with Crippen LogP contribution in [-0.4, -0.2) is 36.6 Å². The Balaban J connectivity index is 1.95. The first-order chi connectivity index (χ1) is 9.67. The van der Waals surface area contributed by atoms with Crippen LogP contribution < -0.4 is 0 Å². The number of piperidine rings is 1. The summed E-state index contributed by atoms with van der Waals surface area (Å²) in [4.78, 5) is 14.5. The lowest BCUT2D eigenvalue weighted by atomic mass is 9.74. The van der Waals surface area contributed by atoms with E-state index in [0.717, 1.165) is 19.5 Å². The Morgan fingerprint density at radius 1 is 1.25 bits per heavy atom. The molecule has 1 atom stereocenters. The zero-order valence-corrected chi connectivity index (χ0v) is 12.9. The van der Waals surface area contributed by atoms with Gasteiger partial charge in [0.2, 0.25) is 0 Å². The van der Waals surface area contributed by atoms with Crippen LogP contribution in [0.5, 0.6) is 0 Å². The Morgan fingerprint density at radius 3 is 2.55 bits per heavy atom. The topological polar surface area (TPSA) is 29.5 Å². The Hall–Kier alpha value is -0.830. The molecule has 0 bridgehead atoms. The van der Waals surface area contributed by atoms with Crippen molar-refractivity contribution in [3.8, 4) is 0 Å². The number of ether oxygens (including phenoxy) is 1. The molecule has 1 saturated heterocycles. The van der Waals surface area contributed by atoms with Crippen LogP contribution in [0.2, 0.25) is 0 Å². The summed E-state index contributed by atoms with van der Waals surface area (Å²) in [5, 5.41) is 0. The fraction of sp³-hybridized carbons (Fsp3) is 0.824. The number of carbonyl (C=O) groups is 1. The molecule has 2 fully saturated rings. The zero-order valence-electron chi connectivity index (χ0n) is 12.9. The molecule has 2 aliphatic rings. The van der Waals surface area contributed by atoms with E-state index >= 15 is 0 Å². The summed E-state index contributed by atoms with van der Waals surface area (Å²) in [5.74, 6) is 0.162. The summed E-state index contributed by atoms with van der Waals surface area (Å²) in [6, 6.07) is 0. The Bertz CT molecular complexity index is 332. The average molecular weight is 279 g/mol. The van der Waals surface area contributed by atoms with Crippen LogP contribution in [0.3, 0.4) is 0 Å². The van der Waals surface area contributed by atoms with Crippen LogP contribution >= 0.6 is 0 Å². The zero-order chi connectivity index (χ0) is 14.4. The molecule has 0 aromatic carbocycles. The molecule has 1 heterocycles. The van der Waals surface area contributed by atoms with E-state index in [-0.39, 0.29) is 12.0 Å². The van der Waals surface area contributed by atoms with Gasteiger partial charge in [0.1, 0.15) is 6.10 Å². The SMILES string of the molecule is C=CCOC(C)C(=O)N1CCCC2(CCCCCC2)C1. The van der Waals surface area contributed by atoms with E-state index in [1.54, 1.807) is 6.08 Å². The first-order valence-corrected chi connectivity index (χ1v) is 8.18. The largest absolute Gasteiger partial charge is 0.365 e. The van der Waals surface area contributed by atoms with Gasteiger partial charge in [-0.3, -0.25) is 4.79 Å². The van der Waals surface area contributed by atoms with E-state index < -0.39 is 0 Å². The second kappa shape index (κ2) is 7.26. The smallest absolute Gasteiger partial charge is 0.251 e. The highest BCUT2D eigenvalue weighted by atomic mass is 16.5. The van der Waals surface area contributed by atoms with Crippen molar-refractivity contribution in [1.82, 2.24) is 4.90 Å². The molecular formula is C17H29NO2. The first-order valence-electron chi connectivity index (χ1n) is 8.18. The summed E-state index contributed by atoms with van der Waals surface area (Å²) in [6.07, 6.45) is 11.8. The van der Waals surface area contributed by atoms with E-state index in [1.807, 2.05) is 6.92 Å². The van der Waals surface area contributed by atoms with Gasteiger partial charge in [0, 0.05) is 13.1 Å². The second-order valence-electron chi connectivity index (χ2n) is 6.54. The predicted octanol–water partition coefficient (Wildman–Crippen LogP) is 3.54. The molecular weight excluding hydrogens is 250 g/mol. The van der Waals surface area contributed by atoms with E-state index in [2.05, 4.69) is 11.5 Å². The normalized spacial score (nSPS) is 24.1. The van der Waals surface area contributed by atoms with Crippen molar-refractivity contribution in [3.63, 3.8) is 0 Å². The highest BCUT2D eigenvalue weighted by Crippen LogP contribution is 2.42. The molecule has 0 aromatic rings. The van der Waals surface area contributed by atoms with E-state index in [1.165, 1.54) is 44.9 Å². The van der Waals surface area contributed by atoms with Crippen LogP contribution in [0.25, 0.3) is 0 Å². The van der Waals surface area contributed by atoms with Crippen LogP contribution in [-0.2, 0) is 9.53 Å². The van der Waals surface area contributed by atoms with Crippen LogP contribution in [0.4, 0.5) is 0 Å². The number of rotatable bonds is 4.